The van der Waals surface area contributed by atoms with Crippen LogP contribution >= 0.6 is 11.3 Å². The average Bonchev–Trinajstić information content (AvgIpc) is 3.41. The van der Waals surface area contributed by atoms with Crippen molar-refractivity contribution in [2.75, 3.05) is 39.4 Å². The Balaban J connectivity index is 1.17. The maximum Gasteiger partial charge on any atom is 0.261 e. The highest BCUT2D eigenvalue weighted by Gasteiger charge is 2.30. The van der Waals surface area contributed by atoms with Gasteiger partial charge in [0.15, 0.2) is 0 Å². The van der Waals surface area contributed by atoms with Crippen LogP contribution in [-0.4, -0.2) is 82.9 Å². The second-order valence-corrected chi connectivity index (χ2v) is 10.8. The molecule has 0 bridgehead atoms. The van der Waals surface area contributed by atoms with Crippen LogP contribution in [0.3, 0.4) is 0 Å². The topological polar surface area (TPSA) is 79.7 Å². The molecule has 4 heterocycles. The average molecular weight is 474 g/mol. The molecule has 2 aliphatic heterocycles. The van der Waals surface area contributed by atoms with Gasteiger partial charge in [0.2, 0.25) is 5.91 Å². The van der Waals surface area contributed by atoms with Crippen molar-refractivity contribution in [1.82, 2.24) is 24.9 Å². The number of ether oxygens (including phenoxy) is 1. The Bertz CT molecular complexity index is 995. The highest BCUT2D eigenvalue weighted by molar-refractivity contribution is 7.20. The first-order valence-electron chi connectivity index (χ1n) is 12.4. The first-order chi connectivity index (χ1) is 16.0. The van der Waals surface area contributed by atoms with Gasteiger partial charge in [-0.05, 0) is 51.5 Å². The molecule has 2 aromatic heterocycles. The molecule has 1 saturated carbocycles. The van der Waals surface area contributed by atoms with E-state index in [2.05, 4.69) is 14.9 Å². The van der Waals surface area contributed by atoms with E-state index in [1.807, 2.05) is 17.9 Å². The predicted molar refractivity (Wildman–Crippen MR) is 129 cm³/mol. The molecule has 8 nitrogen and oxygen atoms in total. The molecule has 2 amide bonds. The molecule has 1 aliphatic carbocycles. The Morgan fingerprint density at radius 2 is 1.73 bits per heavy atom. The van der Waals surface area contributed by atoms with Crippen LogP contribution in [0.25, 0.3) is 10.2 Å². The first kappa shape index (κ1) is 22.8. The molecule has 0 radical (unpaired) electrons. The van der Waals surface area contributed by atoms with E-state index < -0.39 is 0 Å². The summed E-state index contributed by atoms with van der Waals surface area (Å²) in [6.45, 7) is 8.84. The molecule has 5 rings (SSSR count). The van der Waals surface area contributed by atoms with Crippen molar-refractivity contribution in [3.8, 4) is 0 Å². The SMILES string of the molecule is CC(=O)N1CCN([C@H]2CC[C@H](NC(=O)c3cc4c(C)nn(C5CCOCC5)c4s3)CC2)CC1. The minimum Gasteiger partial charge on any atom is -0.381 e. The number of rotatable bonds is 4. The maximum atomic E-state index is 13.1. The van der Waals surface area contributed by atoms with Crippen molar-refractivity contribution in [2.24, 2.45) is 0 Å². The van der Waals surface area contributed by atoms with Crippen LogP contribution in [0.2, 0.25) is 0 Å². The third-order valence-electron chi connectivity index (χ3n) is 7.64. The molecule has 3 aliphatic rings. The van der Waals surface area contributed by atoms with E-state index in [1.165, 1.54) is 0 Å². The fourth-order valence-electron chi connectivity index (χ4n) is 5.60. The predicted octanol–water partition coefficient (Wildman–Crippen LogP) is 2.96. The third kappa shape index (κ3) is 4.81. The zero-order valence-electron chi connectivity index (χ0n) is 19.7. The van der Waals surface area contributed by atoms with Gasteiger partial charge in [0, 0.05) is 63.8 Å². The highest BCUT2D eigenvalue weighted by atomic mass is 32.1. The summed E-state index contributed by atoms with van der Waals surface area (Å²) in [5.74, 6) is 0.227. The van der Waals surface area contributed by atoms with Crippen molar-refractivity contribution in [2.45, 2.75) is 70.5 Å². The van der Waals surface area contributed by atoms with Crippen LogP contribution in [0.1, 0.15) is 66.9 Å². The fraction of sp³-hybridized carbons (Fsp3) is 0.708. The van der Waals surface area contributed by atoms with Crippen LogP contribution in [0.4, 0.5) is 0 Å². The fourth-order valence-corrected chi connectivity index (χ4v) is 6.74. The lowest BCUT2D eigenvalue weighted by molar-refractivity contribution is -0.131. The highest BCUT2D eigenvalue weighted by Crippen LogP contribution is 2.33. The Morgan fingerprint density at radius 3 is 2.39 bits per heavy atom. The lowest BCUT2D eigenvalue weighted by Crippen LogP contribution is -2.53. The van der Waals surface area contributed by atoms with Crippen molar-refractivity contribution >= 4 is 33.4 Å². The zero-order chi connectivity index (χ0) is 22.9. The van der Waals surface area contributed by atoms with Gasteiger partial charge in [-0.25, -0.2) is 0 Å². The molecule has 3 fully saturated rings. The van der Waals surface area contributed by atoms with Crippen LogP contribution in [0.5, 0.6) is 0 Å². The number of nitrogens with zero attached hydrogens (tertiary/aromatic N) is 4. The van der Waals surface area contributed by atoms with E-state index in [4.69, 9.17) is 9.84 Å². The molecule has 33 heavy (non-hydrogen) atoms. The molecule has 1 N–H and O–H groups in total. The van der Waals surface area contributed by atoms with Gasteiger partial charge in [-0.15, -0.1) is 11.3 Å². The van der Waals surface area contributed by atoms with Crippen molar-refractivity contribution in [1.29, 1.82) is 0 Å². The standard InChI is InChI=1S/C24H35N5O3S/c1-16-21-15-22(33-24(21)29(26-16)20-7-13-32-14-8-20)23(31)25-18-3-5-19(6-4-18)28-11-9-27(10-12-28)17(2)30/h15,18-20H,3-14H2,1-2H3,(H,25,31)/t18-,19-. The number of hydrogen-bond donors (Lipinski definition) is 1. The van der Waals surface area contributed by atoms with Gasteiger partial charge in [-0.2, -0.15) is 5.10 Å². The van der Waals surface area contributed by atoms with Crippen molar-refractivity contribution in [3.05, 3.63) is 16.6 Å². The largest absolute Gasteiger partial charge is 0.381 e. The van der Waals surface area contributed by atoms with Crippen LogP contribution in [0, 0.1) is 6.92 Å². The summed E-state index contributed by atoms with van der Waals surface area (Å²) < 4.78 is 7.64. The van der Waals surface area contributed by atoms with Gasteiger partial charge in [0.1, 0.15) is 4.83 Å². The Labute approximate surface area is 199 Å². The minimum atomic E-state index is 0.0488. The molecular weight excluding hydrogens is 438 g/mol. The molecule has 2 aromatic rings. The van der Waals surface area contributed by atoms with Gasteiger partial charge >= 0.3 is 0 Å². The number of nitrogens with one attached hydrogen (secondary N) is 1. The number of amides is 2. The normalized spacial score (nSPS) is 25.5. The molecule has 0 atom stereocenters. The number of carbonyl (C=O) groups excluding carboxylic acids is 2. The Kier molecular flexibility index (Phi) is 6.72. The molecule has 9 heteroatoms. The Morgan fingerprint density at radius 1 is 1.03 bits per heavy atom. The smallest absolute Gasteiger partial charge is 0.261 e. The molecule has 180 valence electrons. The number of aromatic nitrogens is 2. The maximum absolute atomic E-state index is 13.1. The molecular formula is C24H35N5O3S. The molecule has 2 saturated heterocycles. The molecule has 0 unspecified atom stereocenters. The number of aryl methyl sites for hydroxylation is 1. The number of hydrogen-bond acceptors (Lipinski definition) is 6. The second kappa shape index (κ2) is 9.72. The van der Waals surface area contributed by atoms with E-state index in [0.29, 0.717) is 12.1 Å². The van der Waals surface area contributed by atoms with E-state index in [-0.39, 0.29) is 17.9 Å². The van der Waals surface area contributed by atoms with E-state index in [1.54, 1.807) is 18.3 Å². The Hall–Kier alpha value is -1.97. The minimum absolute atomic E-state index is 0.0488. The summed E-state index contributed by atoms with van der Waals surface area (Å²) in [5.41, 5.74) is 0.997. The van der Waals surface area contributed by atoms with Crippen molar-refractivity contribution in [3.63, 3.8) is 0 Å². The van der Waals surface area contributed by atoms with Crippen LogP contribution in [0.15, 0.2) is 6.07 Å². The number of thiophene rings is 1. The van der Waals surface area contributed by atoms with Gasteiger partial charge in [0.05, 0.1) is 16.6 Å². The van der Waals surface area contributed by atoms with Crippen molar-refractivity contribution < 1.29 is 14.3 Å². The zero-order valence-corrected chi connectivity index (χ0v) is 20.5. The lowest BCUT2D eigenvalue weighted by Gasteiger charge is -2.41. The summed E-state index contributed by atoms with van der Waals surface area (Å²) in [5, 5.41) is 9.17. The van der Waals surface area contributed by atoms with E-state index in [0.717, 1.165) is 98.7 Å². The summed E-state index contributed by atoms with van der Waals surface area (Å²) >= 11 is 1.57. The van der Waals surface area contributed by atoms with E-state index in [9.17, 15) is 9.59 Å². The quantitative estimate of drug-likeness (QED) is 0.739. The van der Waals surface area contributed by atoms with Gasteiger partial charge in [-0.1, -0.05) is 0 Å². The summed E-state index contributed by atoms with van der Waals surface area (Å²) in [6, 6.07) is 3.19. The lowest BCUT2D eigenvalue weighted by atomic mass is 9.89. The number of fused-ring (bicyclic) bond motifs is 1. The van der Waals surface area contributed by atoms with Gasteiger partial charge in [0.25, 0.3) is 5.91 Å². The van der Waals surface area contributed by atoms with Crippen LogP contribution < -0.4 is 5.32 Å². The summed E-state index contributed by atoms with van der Waals surface area (Å²) in [4.78, 5) is 31.0. The summed E-state index contributed by atoms with van der Waals surface area (Å²) in [7, 11) is 0. The molecule has 0 spiro atoms. The van der Waals surface area contributed by atoms with E-state index >= 15 is 0 Å². The third-order valence-corrected chi connectivity index (χ3v) is 8.76. The summed E-state index contributed by atoms with van der Waals surface area (Å²) in [6.07, 6.45) is 6.20. The second-order valence-electron chi connectivity index (χ2n) is 9.72. The molecule has 0 aromatic carbocycles. The van der Waals surface area contributed by atoms with Crippen LogP contribution in [-0.2, 0) is 9.53 Å². The number of piperazine rings is 1. The monoisotopic (exact) mass is 473 g/mol. The van der Waals surface area contributed by atoms with Gasteiger partial charge < -0.3 is 15.0 Å². The van der Waals surface area contributed by atoms with Gasteiger partial charge in [-0.3, -0.25) is 19.2 Å². The number of carbonyl (C=O) groups is 2. The first-order valence-corrected chi connectivity index (χ1v) is 13.2.